The van der Waals surface area contributed by atoms with E-state index >= 15 is 0 Å². The Balaban J connectivity index is 1.34. The first-order valence-corrected chi connectivity index (χ1v) is 21.6. The SMILES string of the molecule is O=C(O[C@@H]1O[C@H]2COC(=O)c3cc(Oc4c(C(=O)O)cc(O)c(O)c4O)c(O)c(O)c3-c3c(cc(O)c(O)c3O)C(=O)O[C@@H]2[C@H](OC(=O)c2cc(O)c(O)c(O)c2)[C@H]1OC(=O)c1cc(O)c(O)c(O)c1)c1cc(O)c(O)c(O)c1. The molecule has 412 valence electrons. The van der Waals surface area contributed by atoms with Crippen molar-refractivity contribution in [3.63, 3.8) is 0 Å². The summed E-state index contributed by atoms with van der Waals surface area (Å²) in [5.41, 5.74) is -8.67. The fourth-order valence-corrected chi connectivity index (χ4v) is 7.84. The van der Waals surface area contributed by atoms with Crippen LogP contribution in [0, 0.1) is 0 Å². The van der Waals surface area contributed by atoms with Gasteiger partial charge in [-0.3, -0.25) is 0 Å². The van der Waals surface area contributed by atoms with E-state index in [-0.39, 0.29) is 0 Å². The highest BCUT2D eigenvalue weighted by molar-refractivity contribution is 6.08. The van der Waals surface area contributed by atoms with Crippen molar-refractivity contribution in [2.45, 2.75) is 30.7 Å². The molecule has 5 atom stereocenters. The molecule has 31 nitrogen and oxygen atoms in total. The molecule has 2 aliphatic heterocycles. The van der Waals surface area contributed by atoms with Crippen LogP contribution in [0.1, 0.15) is 62.1 Å². The van der Waals surface area contributed by atoms with E-state index in [1.54, 1.807) is 0 Å². The van der Waals surface area contributed by atoms with E-state index in [0.29, 0.717) is 54.6 Å². The van der Waals surface area contributed by atoms with Crippen molar-refractivity contribution in [3.05, 3.63) is 88.0 Å². The summed E-state index contributed by atoms with van der Waals surface area (Å²) < 4.78 is 39.1. The minimum atomic E-state index is -2.67. The number of carboxylic acid groups (broad SMARTS) is 1. The Bertz CT molecular complexity index is 3550. The number of phenolic OH excluding ortho intramolecular Hbond substituents is 17. The number of cyclic esters (lactones) is 1. The molecule has 18 N–H and O–H groups in total. The van der Waals surface area contributed by atoms with E-state index in [1.807, 2.05) is 0 Å². The zero-order valence-electron chi connectivity index (χ0n) is 38.6. The second-order valence-corrected chi connectivity index (χ2v) is 16.6. The zero-order chi connectivity index (χ0) is 58.0. The molecule has 0 amide bonds. The van der Waals surface area contributed by atoms with Crippen molar-refractivity contribution in [2.24, 2.45) is 0 Å². The van der Waals surface area contributed by atoms with Gasteiger partial charge in [0, 0.05) is 23.3 Å². The van der Waals surface area contributed by atoms with Gasteiger partial charge in [0.1, 0.15) is 18.3 Å². The monoisotopic (exact) mass is 1110 g/mol. The van der Waals surface area contributed by atoms with E-state index in [9.17, 15) is 121 Å². The lowest BCUT2D eigenvalue weighted by atomic mass is 9.91. The Labute approximate surface area is 434 Å². The van der Waals surface area contributed by atoms with Crippen LogP contribution in [0.25, 0.3) is 11.1 Å². The third kappa shape index (κ3) is 9.63. The minimum Gasteiger partial charge on any atom is -0.504 e. The minimum absolute atomic E-state index is 0.313. The molecule has 0 spiro atoms. The highest BCUT2D eigenvalue weighted by atomic mass is 16.7. The lowest BCUT2D eigenvalue weighted by molar-refractivity contribution is -0.282. The predicted molar refractivity (Wildman–Crippen MR) is 245 cm³/mol. The smallest absolute Gasteiger partial charge is 0.340 e. The number of ether oxygens (including phenoxy) is 7. The van der Waals surface area contributed by atoms with Gasteiger partial charge >= 0.3 is 35.8 Å². The quantitative estimate of drug-likeness (QED) is 0.0562. The maximum Gasteiger partial charge on any atom is 0.340 e. The topological polar surface area (TPSA) is 531 Å². The number of hydrogen-bond donors (Lipinski definition) is 18. The van der Waals surface area contributed by atoms with Crippen molar-refractivity contribution in [2.75, 3.05) is 6.61 Å². The molecule has 6 aromatic rings. The molecule has 2 heterocycles. The van der Waals surface area contributed by atoms with Gasteiger partial charge in [-0.25, -0.2) is 28.8 Å². The fraction of sp³-hybridized carbons (Fsp3) is 0.125. The van der Waals surface area contributed by atoms with Gasteiger partial charge in [0.15, 0.2) is 98.5 Å². The number of fused-ring (bicyclic) bond motifs is 4. The summed E-state index contributed by atoms with van der Waals surface area (Å²) in [4.78, 5) is 83.3. The maximum absolute atomic E-state index is 14.7. The molecule has 0 radical (unpaired) electrons. The summed E-state index contributed by atoms with van der Waals surface area (Å²) in [6.45, 7) is -1.42. The number of hydrogen-bond acceptors (Lipinski definition) is 30. The van der Waals surface area contributed by atoms with Crippen molar-refractivity contribution in [1.29, 1.82) is 0 Å². The van der Waals surface area contributed by atoms with E-state index in [1.165, 1.54) is 0 Å². The highest BCUT2D eigenvalue weighted by Crippen LogP contribution is 2.55. The maximum atomic E-state index is 14.7. The predicted octanol–water partition coefficient (Wildman–Crippen LogP) is 2.57. The Morgan fingerprint density at radius 1 is 0.443 bits per heavy atom. The van der Waals surface area contributed by atoms with Crippen LogP contribution in [-0.2, 0) is 28.4 Å². The molecule has 79 heavy (non-hydrogen) atoms. The van der Waals surface area contributed by atoms with Crippen LogP contribution < -0.4 is 4.74 Å². The second kappa shape index (κ2) is 20.0. The highest BCUT2D eigenvalue weighted by Gasteiger charge is 2.55. The average molecular weight is 1110 g/mol. The second-order valence-electron chi connectivity index (χ2n) is 16.6. The van der Waals surface area contributed by atoms with Gasteiger partial charge in [-0.05, 0) is 42.5 Å². The number of carboxylic acids is 1. The number of esters is 5. The molecule has 1 saturated heterocycles. The van der Waals surface area contributed by atoms with Gasteiger partial charge in [-0.1, -0.05) is 0 Å². The number of phenols is 17. The van der Waals surface area contributed by atoms with Gasteiger partial charge in [-0.15, -0.1) is 0 Å². The van der Waals surface area contributed by atoms with Gasteiger partial charge < -0.3 is 125 Å². The molecule has 0 unspecified atom stereocenters. The third-order valence-electron chi connectivity index (χ3n) is 11.7. The molecule has 2 aliphatic rings. The van der Waals surface area contributed by atoms with Crippen LogP contribution in [0.2, 0.25) is 0 Å². The van der Waals surface area contributed by atoms with E-state index < -0.39 is 227 Å². The number of aromatic hydroxyl groups is 17. The standard InChI is InChI=1S/C48H34O31/c49-17-1-11(2-18(50)29(17)57)43(68)77-40-39-26(75-48(79-45(70)13-5-21(53)31(59)22(54)6-13)41(40)78-44(69)12-3-19(51)30(58)20(52)4-12)10-73-46(71)15-9-25(74-38-16(42(66)67)8-24(56)33(61)37(38)65)34(62)36(64)28(15)27-14(47(72)76-39)7-23(55)32(60)35(27)63/h1-9,26,39-41,48-65H,10H2,(H,66,67)/t26-,39-,40-,41+,48-/m0/s1. The Kier molecular flexibility index (Phi) is 13.6. The summed E-state index contributed by atoms with van der Waals surface area (Å²) in [6, 6.07) is 4.06. The molecule has 0 bridgehead atoms. The lowest BCUT2D eigenvalue weighted by Crippen LogP contribution is -2.63. The lowest BCUT2D eigenvalue weighted by Gasteiger charge is -2.43. The first kappa shape index (κ1) is 53.8. The summed E-state index contributed by atoms with van der Waals surface area (Å²) in [7, 11) is 0. The number of rotatable bonds is 9. The molecule has 31 heteroatoms. The number of carbonyl (C=O) groups excluding carboxylic acids is 5. The Hall–Kier alpha value is -11.5. The molecule has 8 rings (SSSR count). The van der Waals surface area contributed by atoms with E-state index in [4.69, 9.17) is 33.2 Å². The number of carbonyl (C=O) groups is 6. The zero-order valence-corrected chi connectivity index (χ0v) is 38.6. The number of benzene rings is 6. The Morgan fingerprint density at radius 2 is 0.848 bits per heavy atom. The van der Waals surface area contributed by atoms with Crippen molar-refractivity contribution in [1.82, 2.24) is 0 Å². The summed E-state index contributed by atoms with van der Waals surface area (Å²) in [5, 5.41) is 188. The van der Waals surface area contributed by atoms with Gasteiger partial charge in [0.2, 0.25) is 35.4 Å². The Morgan fingerprint density at radius 3 is 1.33 bits per heavy atom. The fourth-order valence-electron chi connectivity index (χ4n) is 7.84. The molecular weight excluding hydrogens is 1070 g/mol. The normalized spacial score (nSPS) is 17.7. The van der Waals surface area contributed by atoms with Gasteiger partial charge in [-0.2, -0.15) is 0 Å². The van der Waals surface area contributed by atoms with Crippen LogP contribution in [0.15, 0.2) is 54.6 Å². The van der Waals surface area contributed by atoms with Crippen LogP contribution in [0.5, 0.6) is 109 Å². The van der Waals surface area contributed by atoms with Crippen LogP contribution in [0.3, 0.4) is 0 Å². The average Bonchev–Trinajstić information content (AvgIpc) is 3.43. The van der Waals surface area contributed by atoms with Gasteiger partial charge in [0.25, 0.3) is 0 Å². The first-order valence-electron chi connectivity index (χ1n) is 21.6. The van der Waals surface area contributed by atoms with Crippen LogP contribution >= 0.6 is 0 Å². The molecule has 6 aromatic carbocycles. The first-order chi connectivity index (χ1) is 37.1. The third-order valence-corrected chi connectivity index (χ3v) is 11.7. The van der Waals surface area contributed by atoms with E-state index in [0.717, 1.165) is 0 Å². The number of aromatic carboxylic acids is 1. The summed E-state index contributed by atoms with van der Waals surface area (Å²) in [5.74, 6) is -35.6. The van der Waals surface area contributed by atoms with Crippen molar-refractivity contribution < 1.29 is 154 Å². The molecule has 0 saturated carbocycles. The van der Waals surface area contributed by atoms with Crippen molar-refractivity contribution in [3.8, 4) is 120 Å². The van der Waals surface area contributed by atoms with Crippen LogP contribution in [-0.4, -0.2) is 165 Å². The van der Waals surface area contributed by atoms with Crippen LogP contribution in [0.4, 0.5) is 0 Å². The van der Waals surface area contributed by atoms with Crippen molar-refractivity contribution >= 4 is 35.8 Å². The largest absolute Gasteiger partial charge is 0.504 e. The molecular formula is C48H34O31. The molecule has 0 aromatic heterocycles. The summed E-state index contributed by atoms with van der Waals surface area (Å²) >= 11 is 0. The van der Waals surface area contributed by atoms with E-state index in [2.05, 4.69) is 0 Å². The molecule has 1 fully saturated rings. The van der Waals surface area contributed by atoms with Gasteiger partial charge in [0.05, 0.1) is 27.8 Å². The summed E-state index contributed by atoms with van der Waals surface area (Å²) in [6.07, 6.45) is -12.9. The molecule has 0 aliphatic carbocycles.